The third-order valence-electron chi connectivity index (χ3n) is 2.07. The number of halogens is 2. The van der Waals surface area contributed by atoms with E-state index in [-0.39, 0.29) is 11.6 Å². The maximum absolute atomic E-state index is 13.6. The Morgan fingerprint density at radius 1 is 1.47 bits per heavy atom. The molecule has 15 heavy (non-hydrogen) atoms. The molecule has 0 saturated heterocycles. The summed E-state index contributed by atoms with van der Waals surface area (Å²) >= 11 is 5.53. The molecule has 84 valence electrons. The van der Waals surface area contributed by atoms with Gasteiger partial charge < -0.3 is 10.1 Å². The van der Waals surface area contributed by atoms with E-state index in [1.165, 1.54) is 7.11 Å². The predicted molar refractivity (Wildman–Crippen MR) is 60.0 cm³/mol. The Morgan fingerprint density at radius 3 is 2.93 bits per heavy atom. The number of methoxy groups -OCH3 is 1. The summed E-state index contributed by atoms with van der Waals surface area (Å²) in [6.07, 6.45) is 0.882. The highest BCUT2D eigenvalue weighted by Gasteiger charge is 2.06. The Kier molecular flexibility index (Phi) is 5.43. The van der Waals surface area contributed by atoms with E-state index in [0.717, 1.165) is 13.0 Å². The van der Waals surface area contributed by atoms with Crippen molar-refractivity contribution >= 4 is 11.6 Å². The summed E-state index contributed by atoms with van der Waals surface area (Å²) in [5.41, 5.74) is 0.615. The Bertz CT molecular complexity index is 307. The van der Waals surface area contributed by atoms with Gasteiger partial charge in [-0.3, -0.25) is 0 Å². The van der Waals surface area contributed by atoms with Crippen LogP contribution in [0, 0.1) is 5.82 Å². The van der Waals surface area contributed by atoms with E-state index in [1.807, 2.05) is 0 Å². The van der Waals surface area contributed by atoms with Crippen molar-refractivity contribution in [2.45, 2.75) is 13.0 Å². The molecule has 0 spiro atoms. The summed E-state index contributed by atoms with van der Waals surface area (Å²) in [6, 6.07) is 5.13. The number of ether oxygens (including phenoxy) is 1. The van der Waals surface area contributed by atoms with E-state index in [1.54, 1.807) is 18.2 Å². The van der Waals surface area contributed by atoms with Gasteiger partial charge in [0, 0.05) is 18.0 Å². The molecule has 0 fully saturated rings. The second kappa shape index (κ2) is 6.64. The first-order valence-electron chi connectivity index (χ1n) is 4.87. The van der Waals surface area contributed by atoms with Crippen LogP contribution < -0.4 is 10.1 Å². The van der Waals surface area contributed by atoms with Crippen molar-refractivity contribution in [3.8, 4) is 5.75 Å². The molecular weight excluding hydrogens is 217 g/mol. The highest BCUT2D eigenvalue weighted by atomic mass is 35.5. The Morgan fingerprint density at radius 2 is 2.27 bits per heavy atom. The van der Waals surface area contributed by atoms with Gasteiger partial charge in [0.05, 0.1) is 7.11 Å². The van der Waals surface area contributed by atoms with Crippen molar-refractivity contribution in [3.05, 3.63) is 29.6 Å². The zero-order valence-corrected chi connectivity index (χ0v) is 9.48. The van der Waals surface area contributed by atoms with E-state index >= 15 is 0 Å². The number of nitrogens with one attached hydrogen (secondary N) is 1. The fourth-order valence-corrected chi connectivity index (χ4v) is 1.40. The van der Waals surface area contributed by atoms with Gasteiger partial charge in [-0.1, -0.05) is 12.1 Å². The molecule has 0 saturated carbocycles. The number of benzene rings is 1. The molecule has 0 radical (unpaired) electrons. The van der Waals surface area contributed by atoms with Crippen LogP contribution in [0.5, 0.6) is 5.75 Å². The summed E-state index contributed by atoms with van der Waals surface area (Å²) in [6.45, 7) is 1.29. The van der Waals surface area contributed by atoms with Gasteiger partial charge >= 0.3 is 0 Å². The topological polar surface area (TPSA) is 21.3 Å². The van der Waals surface area contributed by atoms with Crippen molar-refractivity contribution in [2.24, 2.45) is 0 Å². The highest BCUT2D eigenvalue weighted by Crippen LogP contribution is 2.19. The van der Waals surface area contributed by atoms with Crippen molar-refractivity contribution in [1.29, 1.82) is 0 Å². The summed E-state index contributed by atoms with van der Waals surface area (Å²) in [5.74, 6) is 0.609. The molecule has 4 heteroatoms. The minimum Gasteiger partial charge on any atom is -0.494 e. The van der Waals surface area contributed by atoms with Gasteiger partial charge in [-0.15, -0.1) is 11.6 Å². The molecule has 0 amide bonds. The SMILES string of the molecule is COc1cccc(CNCCCCl)c1F. The number of hydrogen-bond acceptors (Lipinski definition) is 2. The minimum absolute atomic E-state index is 0.284. The van der Waals surface area contributed by atoms with Crippen LogP contribution in [-0.4, -0.2) is 19.5 Å². The van der Waals surface area contributed by atoms with Gasteiger partial charge in [0.25, 0.3) is 0 Å². The molecule has 1 N–H and O–H groups in total. The van der Waals surface area contributed by atoms with E-state index in [2.05, 4.69) is 5.32 Å². The standard InChI is InChI=1S/C11H15ClFNO/c1-15-10-5-2-4-9(11(10)13)8-14-7-3-6-12/h2,4-5,14H,3,6-8H2,1H3. The zero-order chi connectivity index (χ0) is 11.1. The van der Waals surface area contributed by atoms with Crippen molar-refractivity contribution in [1.82, 2.24) is 5.32 Å². The average Bonchev–Trinajstić information content (AvgIpc) is 2.26. The molecule has 0 heterocycles. The van der Waals surface area contributed by atoms with Gasteiger partial charge in [0.15, 0.2) is 11.6 Å². The van der Waals surface area contributed by atoms with Crippen molar-refractivity contribution in [3.63, 3.8) is 0 Å². The summed E-state index contributed by atoms with van der Waals surface area (Å²) in [7, 11) is 1.46. The molecule has 1 aromatic rings. The van der Waals surface area contributed by atoms with Crippen molar-refractivity contribution in [2.75, 3.05) is 19.5 Å². The fraction of sp³-hybridized carbons (Fsp3) is 0.455. The molecular formula is C11H15ClFNO. The third kappa shape index (κ3) is 3.68. The second-order valence-corrected chi connectivity index (χ2v) is 3.53. The van der Waals surface area contributed by atoms with Crippen LogP contribution in [0.4, 0.5) is 4.39 Å². The number of alkyl halides is 1. The third-order valence-corrected chi connectivity index (χ3v) is 2.33. The molecule has 0 atom stereocenters. The smallest absolute Gasteiger partial charge is 0.169 e. The van der Waals surface area contributed by atoms with E-state index in [4.69, 9.17) is 16.3 Å². The van der Waals surface area contributed by atoms with Gasteiger partial charge in [0.2, 0.25) is 0 Å². The van der Waals surface area contributed by atoms with Crippen LogP contribution in [0.15, 0.2) is 18.2 Å². The van der Waals surface area contributed by atoms with Crippen LogP contribution >= 0.6 is 11.6 Å². The predicted octanol–water partition coefficient (Wildman–Crippen LogP) is 2.55. The van der Waals surface area contributed by atoms with Crippen molar-refractivity contribution < 1.29 is 9.13 Å². The van der Waals surface area contributed by atoms with Gasteiger partial charge in [-0.05, 0) is 19.0 Å². The van der Waals surface area contributed by atoms with E-state index in [0.29, 0.717) is 18.0 Å². The Hall–Kier alpha value is -0.800. The molecule has 0 aliphatic rings. The first-order valence-corrected chi connectivity index (χ1v) is 5.41. The van der Waals surface area contributed by atoms with Crippen LogP contribution in [0.25, 0.3) is 0 Å². The van der Waals surface area contributed by atoms with E-state index < -0.39 is 0 Å². The lowest BCUT2D eigenvalue weighted by molar-refractivity contribution is 0.383. The second-order valence-electron chi connectivity index (χ2n) is 3.15. The first-order chi connectivity index (χ1) is 7.29. The van der Waals surface area contributed by atoms with Crippen LogP contribution in [-0.2, 0) is 6.54 Å². The lowest BCUT2D eigenvalue weighted by Crippen LogP contribution is -2.16. The Balaban J connectivity index is 2.53. The molecule has 1 rings (SSSR count). The largest absolute Gasteiger partial charge is 0.494 e. The number of hydrogen-bond donors (Lipinski definition) is 1. The summed E-state index contributed by atoms with van der Waals surface area (Å²) in [5, 5.41) is 3.11. The van der Waals surface area contributed by atoms with Gasteiger partial charge in [-0.2, -0.15) is 0 Å². The minimum atomic E-state index is -0.293. The zero-order valence-electron chi connectivity index (χ0n) is 8.72. The van der Waals surface area contributed by atoms with Gasteiger partial charge in [0.1, 0.15) is 0 Å². The summed E-state index contributed by atoms with van der Waals surface area (Å²) < 4.78 is 18.5. The average molecular weight is 232 g/mol. The lowest BCUT2D eigenvalue weighted by atomic mass is 10.2. The molecule has 0 aliphatic carbocycles. The first kappa shape index (κ1) is 12.3. The maximum atomic E-state index is 13.6. The highest BCUT2D eigenvalue weighted by molar-refractivity contribution is 6.17. The van der Waals surface area contributed by atoms with Crippen LogP contribution in [0.2, 0.25) is 0 Å². The lowest BCUT2D eigenvalue weighted by Gasteiger charge is -2.08. The molecule has 0 bridgehead atoms. The van der Waals surface area contributed by atoms with Crippen LogP contribution in [0.1, 0.15) is 12.0 Å². The maximum Gasteiger partial charge on any atom is 0.169 e. The Labute approximate surface area is 94.4 Å². The number of rotatable bonds is 6. The van der Waals surface area contributed by atoms with E-state index in [9.17, 15) is 4.39 Å². The fourth-order valence-electron chi connectivity index (χ4n) is 1.27. The molecule has 0 aliphatic heterocycles. The summed E-state index contributed by atoms with van der Waals surface area (Å²) in [4.78, 5) is 0. The van der Waals surface area contributed by atoms with Gasteiger partial charge in [-0.25, -0.2) is 4.39 Å². The molecule has 0 aromatic heterocycles. The molecule has 0 unspecified atom stereocenters. The normalized spacial score (nSPS) is 10.3. The molecule has 1 aromatic carbocycles. The molecule has 2 nitrogen and oxygen atoms in total. The van der Waals surface area contributed by atoms with Crippen LogP contribution in [0.3, 0.4) is 0 Å². The quantitative estimate of drug-likeness (QED) is 0.600. The monoisotopic (exact) mass is 231 g/mol.